The van der Waals surface area contributed by atoms with Crippen LogP contribution < -0.4 is 14.9 Å². The minimum Gasteiger partial charge on any atom is -0.493 e. The SMILES string of the molecule is COc1ccc(C2=C[C@H](c3cccc([N+](=O)[O-])c3)N(S(=O)(=O)c3ccccc3)N2)cc1OC. The van der Waals surface area contributed by atoms with Gasteiger partial charge in [0.2, 0.25) is 0 Å². The number of rotatable bonds is 7. The summed E-state index contributed by atoms with van der Waals surface area (Å²) < 4.78 is 38.7. The summed E-state index contributed by atoms with van der Waals surface area (Å²) in [5.74, 6) is 1.01. The third kappa shape index (κ3) is 4.26. The number of nitro benzene ring substituents is 1. The monoisotopic (exact) mass is 467 g/mol. The maximum absolute atomic E-state index is 13.5. The lowest BCUT2D eigenvalue weighted by atomic mass is 10.0. The number of methoxy groups -OCH3 is 2. The minimum absolute atomic E-state index is 0.0925. The summed E-state index contributed by atoms with van der Waals surface area (Å²) in [5, 5.41) is 11.3. The third-order valence-corrected chi connectivity index (χ3v) is 6.93. The number of ether oxygens (including phenoxy) is 2. The molecule has 0 fully saturated rings. The van der Waals surface area contributed by atoms with Crippen molar-refractivity contribution in [3.8, 4) is 11.5 Å². The van der Waals surface area contributed by atoms with E-state index in [1.54, 1.807) is 48.5 Å². The molecule has 33 heavy (non-hydrogen) atoms. The predicted octanol–water partition coefficient (Wildman–Crippen LogP) is 3.90. The van der Waals surface area contributed by atoms with Crippen molar-refractivity contribution in [2.45, 2.75) is 10.9 Å². The van der Waals surface area contributed by atoms with E-state index in [1.165, 1.54) is 44.6 Å². The molecule has 10 heteroatoms. The summed E-state index contributed by atoms with van der Waals surface area (Å²) in [6.45, 7) is 0. The van der Waals surface area contributed by atoms with Crippen LogP contribution in [0, 0.1) is 10.1 Å². The third-order valence-electron chi connectivity index (χ3n) is 5.22. The fourth-order valence-corrected chi connectivity index (χ4v) is 5.01. The molecule has 0 aromatic heterocycles. The van der Waals surface area contributed by atoms with Crippen molar-refractivity contribution in [2.75, 3.05) is 14.2 Å². The number of benzene rings is 3. The van der Waals surface area contributed by atoms with Crippen LogP contribution in [0.3, 0.4) is 0 Å². The van der Waals surface area contributed by atoms with Crippen molar-refractivity contribution in [2.24, 2.45) is 0 Å². The zero-order valence-corrected chi connectivity index (χ0v) is 18.7. The second kappa shape index (κ2) is 8.93. The molecular formula is C23H21N3O6S. The van der Waals surface area contributed by atoms with Crippen LogP contribution in [0.4, 0.5) is 5.69 Å². The van der Waals surface area contributed by atoms with Gasteiger partial charge in [0.15, 0.2) is 11.5 Å². The summed E-state index contributed by atoms with van der Waals surface area (Å²) in [6.07, 6.45) is 1.71. The Hall–Kier alpha value is -3.89. The highest BCUT2D eigenvalue weighted by Crippen LogP contribution is 2.38. The van der Waals surface area contributed by atoms with Crippen molar-refractivity contribution < 1.29 is 22.8 Å². The molecule has 0 saturated carbocycles. The largest absolute Gasteiger partial charge is 0.493 e. The van der Waals surface area contributed by atoms with E-state index >= 15 is 0 Å². The predicted molar refractivity (Wildman–Crippen MR) is 122 cm³/mol. The van der Waals surface area contributed by atoms with E-state index in [0.29, 0.717) is 28.3 Å². The minimum atomic E-state index is -3.99. The van der Waals surface area contributed by atoms with Gasteiger partial charge in [-0.2, -0.15) is 0 Å². The van der Waals surface area contributed by atoms with Gasteiger partial charge in [-0.3, -0.25) is 10.1 Å². The van der Waals surface area contributed by atoms with E-state index in [4.69, 9.17) is 9.47 Å². The molecule has 0 radical (unpaired) electrons. The first kappa shape index (κ1) is 22.3. The molecule has 3 aromatic carbocycles. The lowest BCUT2D eigenvalue weighted by molar-refractivity contribution is -0.384. The van der Waals surface area contributed by atoms with Gasteiger partial charge in [-0.25, -0.2) is 8.42 Å². The first-order valence-electron chi connectivity index (χ1n) is 9.90. The van der Waals surface area contributed by atoms with Crippen LogP contribution in [0.15, 0.2) is 83.8 Å². The van der Waals surface area contributed by atoms with Gasteiger partial charge in [0.25, 0.3) is 15.7 Å². The Morgan fingerprint density at radius 3 is 2.33 bits per heavy atom. The summed E-state index contributed by atoms with van der Waals surface area (Å²) in [6, 6.07) is 18.3. The molecule has 0 aliphatic carbocycles. The number of non-ortho nitro benzene ring substituents is 1. The van der Waals surface area contributed by atoms with E-state index in [2.05, 4.69) is 5.43 Å². The molecule has 1 aliphatic rings. The Bertz CT molecular complexity index is 1330. The number of sulfonamides is 1. The maximum atomic E-state index is 13.5. The number of nitrogens with zero attached hydrogens (tertiary/aromatic N) is 2. The quantitative estimate of drug-likeness (QED) is 0.414. The van der Waals surface area contributed by atoms with Crippen LogP contribution in [0.2, 0.25) is 0 Å². The molecule has 9 nitrogen and oxygen atoms in total. The highest BCUT2D eigenvalue weighted by atomic mass is 32.2. The van der Waals surface area contributed by atoms with Gasteiger partial charge in [-0.1, -0.05) is 30.3 Å². The number of hydrazine groups is 1. The van der Waals surface area contributed by atoms with E-state index in [0.717, 1.165) is 4.41 Å². The normalized spacial score (nSPS) is 16.1. The van der Waals surface area contributed by atoms with Gasteiger partial charge in [-0.05, 0) is 42.0 Å². The van der Waals surface area contributed by atoms with Crippen molar-refractivity contribution in [3.05, 3.63) is 100 Å². The molecule has 0 saturated heterocycles. The Morgan fingerprint density at radius 2 is 1.67 bits per heavy atom. The zero-order valence-electron chi connectivity index (χ0n) is 17.8. The molecule has 0 bridgehead atoms. The van der Waals surface area contributed by atoms with E-state index < -0.39 is 21.0 Å². The maximum Gasteiger partial charge on any atom is 0.269 e. The lowest BCUT2D eigenvalue weighted by Gasteiger charge is -2.25. The second-order valence-electron chi connectivity index (χ2n) is 7.17. The number of hydrogen-bond acceptors (Lipinski definition) is 7. The fraction of sp³-hybridized carbons (Fsp3) is 0.130. The molecule has 170 valence electrons. The van der Waals surface area contributed by atoms with Gasteiger partial charge in [-0.15, -0.1) is 4.41 Å². The molecule has 1 atom stereocenters. The molecule has 1 aliphatic heterocycles. The molecule has 1 N–H and O–H groups in total. The van der Waals surface area contributed by atoms with Crippen LogP contribution in [-0.4, -0.2) is 32.0 Å². The van der Waals surface area contributed by atoms with Crippen molar-refractivity contribution in [1.29, 1.82) is 0 Å². The molecule has 3 aromatic rings. The van der Waals surface area contributed by atoms with Crippen molar-refractivity contribution in [1.82, 2.24) is 9.84 Å². The molecule has 4 rings (SSSR count). The lowest BCUT2D eigenvalue weighted by Crippen LogP contribution is -2.39. The summed E-state index contributed by atoms with van der Waals surface area (Å²) in [5.41, 5.74) is 4.46. The average molecular weight is 468 g/mol. The summed E-state index contributed by atoms with van der Waals surface area (Å²) in [4.78, 5) is 10.9. The first-order chi connectivity index (χ1) is 15.8. The molecule has 1 heterocycles. The Labute approximate surface area is 191 Å². The number of hydrogen-bond donors (Lipinski definition) is 1. The topological polar surface area (TPSA) is 111 Å². The summed E-state index contributed by atoms with van der Waals surface area (Å²) in [7, 11) is -0.959. The average Bonchev–Trinajstić information content (AvgIpc) is 3.31. The Morgan fingerprint density at radius 1 is 0.939 bits per heavy atom. The second-order valence-corrected chi connectivity index (χ2v) is 8.99. The molecule has 0 amide bonds. The number of nitro groups is 1. The van der Waals surface area contributed by atoms with Crippen LogP contribution >= 0.6 is 0 Å². The van der Waals surface area contributed by atoms with Crippen LogP contribution in [0.1, 0.15) is 17.2 Å². The van der Waals surface area contributed by atoms with Crippen molar-refractivity contribution >= 4 is 21.4 Å². The Kier molecular flexibility index (Phi) is 6.03. The number of nitrogens with one attached hydrogen (secondary N) is 1. The standard InChI is InChI=1S/C23H21N3O6S/c1-31-22-12-11-16(14-23(22)32-2)20-15-21(17-7-6-8-18(13-17)26(27)28)25(24-20)33(29,30)19-9-4-3-5-10-19/h3-15,21,24H,1-2H3/t21-/m1/s1. The van der Waals surface area contributed by atoms with Crippen molar-refractivity contribution in [3.63, 3.8) is 0 Å². The highest BCUT2D eigenvalue weighted by molar-refractivity contribution is 7.89. The molecule has 0 spiro atoms. The van der Waals surface area contributed by atoms with E-state index in [1.807, 2.05) is 0 Å². The van der Waals surface area contributed by atoms with E-state index in [-0.39, 0.29) is 10.6 Å². The summed E-state index contributed by atoms with van der Waals surface area (Å²) >= 11 is 0. The van der Waals surface area contributed by atoms with Crippen LogP contribution in [-0.2, 0) is 10.0 Å². The first-order valence-corrected chi connectivity index (χ1v) is 11.3. The van der Waals surface area contributed by atoms with E-state index in [9.17, 15) is 18.5 Å². The Balaban J connectivity index is 1.82. The van der Waals surface area contributed by atoms with Gasteiger partial charge in [0.05, 0.1) is 35.8 Å². The zero-order chi connectivity index (χ0) is 23.6. The fourth-order valence-electron chi connectivity index (χ4n) is 3.59. The van der Waals surface area contributed by atoms with Crippen LogP contribution in [0.5, 0.6) is 11.5 Å². The smallest absolute Gasteiger partial charge is 0.269 e. The van der Waals surface area contributed by atoms with Gasteiger partial charge in [0, 0.05) is 17.7 Å². The van der Waals surface area contributed by atoms with Crippen LogP contribution in [0.25, 0.3) is 5.70 Å². The van der Waals surface area contributed by atoms with Gasteiger partial charge < -0.3 is 14.9 Å². The highest BCUT2D eigenvalue weighted by Gasteiger charge is 2.37. The van der Waals surface area contributed by atoms with Gasteiger partial charge in [0.1, 0.15) is 0 Å². The molecular weight excluding hydrogens is 446 g/mol. The van der Waals surface area contributed by atoms with Gasteiger partial charge >= 0.3 is 0 Å². The molecule has 0 unspecified atom stereocenters.